The molecular formula is C14H25N5OS. The Kier molecular flexibility index (Phi) is 7.02. The molecule has 0 aliphatic carbocycles. The SMILES string of the molecule is CSCCCCCNC(=O)c1cn(C2CCNCC2)nn1. The van der Waals surface area contributed by atoms with Crippen LogP contribution in [-0.2, 0) is 0 Å². The summed E-state index contributed by atoms with van der Waals surface area (Å²) in [5.74, 6) is 1.08. The van der Waals surface area contributed by atoms with Crippen LogP contribution in [0.3, 0.4) is 0 Å². The van der Waals surface area contributed by atoms with Crippen LogP contribution in [0, 0.1) is 0 Å². The predicted octanol–water partition coefficient (Wildman–Crippen LogP) is 1.47. The van der Waals surface area contributed by atoms with Crippen LogP contribution in [0.15, 0.2) is 6.20 Å². The maximum atomic E-state index is 12.0. The molecule has 0 radical (unpaired) electrons. The minimum atomic E-state index is -0.111. The van der Waals surface area contributed by atoms with E-state index in [0.29, 0.717) is 18.3 Å². The molecule has 0 atom stereocenters. The number of nitrogens with one attached hydrogen (secondary N) is 2. The van der Waals surface area contributed by atoms with Crippen molar-refractivity contribution in [2.24, 2.45) is 0 Å². The zero-order valence-corrected chi connectivity index (χ0v) is 13.5. The topological polar surface area (TPSA) is 71.8 Å². The maximum absolute atomic E-state index is 12.0. The molecule has 2 rings (SSSR count). The quantitative estimate of drug-likeness (QED) is 0.711. The van der Waals surface area contributed by atoms with Crippen molar-refractivity contribution in [3.8, 4) is 0 Å². The van der Waals surface area contributed by atoms with Gasteiger partial charge in [0.1, 0.15) is 0 Å². The standard InChI is InChI=1S/C14H25N5OS/c1-21-10-4-2-3-7-16-14(20)13-11-19(18-17-13)12-5-8-15-9-6-12/h11-12,15H,2-10H2,1H3,(H,16,20). The molecule has 0 saturated carbocycles. The molecule has 118 valence electrons. The Hall–Kier alpha value is -1.08. The molecule has 1 aliphatic heterocycles. The first-order valence-corrected chi connectivity index (χ1v) is 9.10. The number of hydrogen-bond donors (Lipinski definition) is 2. The molecule has 2 N–H and O–H groups in total. The summed E-state index contributed by atoms with van der Waals surface area (Å²) in [6.45, 7) is 2.72. The van der Waals surface area contributed by atoms with E-state index >= 15 is 0 Å². The molecule has 1 aliphatic rings. The third-order valence-electron chi connectivity index (χ3n) is 3.74. The van der Waals surface area contributed by atoms with Gasteiger partial charge in [-0.1, -0.05) is 11.6 Å². The van der Waals surface area contributed by atoms with Gasteiger partial charge in [-0.2, -0.15) is 11.8 Å². The van der Waals surface area contributed by atoms with Gasteiger partial charge >= 0.3 is 0 Å². The minimum absolute atomic E-state index is 0.111. The molecule has 2 heterocycles. The summed E-state index contributed by atoms with van der Waals surface area (Å²) < 4.78 is 1.84. The van der Waals surface area contributed by atoms with Gasteiger partial charge in [-0.15, -0.1) is 5.10 Å². The number of hydrogen-bond acceptors (Lipinski definition) is 5. The second-order valence-electron chi connectivity index (χ2n) is 5.37. The van der Waals surface area contributed by atoms with Crippen LogP contribution in [0.4, 0.5) is 0 Å². The van der Waals surface area contributed by atoms with Gasteiger partial charge in [-0.25, -0.2) is 4.68 Å². The van der Waals surface area contributed by atoms with Crippen molar-refractivity contribution >= 4 is 17.7 Å². The van der Waals surface area contributed by atoms with Crippen LogP contribution >= 0.6 is 11.8 Å². The number of carbonyl (C=O) groups excluding carboxylic acids is 1. The number of nitrogens with zero attached hydrogens (tertiary/aromatic N) is 3. The average Bonchev–Trinajstić information content (AvgIpc) is 3.01. The first-order valence-electron chi connectivity index (χ1n) is 7.71. The van der Waals surface area contributed by atoms with Crippen molar-refractivity contribution < 1.29 is 4.79 Å². The lowest BCUT2D eigenvalue weighted by molar-refractivity contribution is 0.0948. The maximum Gasteiger partial charge on any atom is 0.273 e. The smallest absolute Gasteiger partial charge is 0.273 e. The largest absolute Gasteiger partial charge is 0.351 e. The number of carbonyl (C=O) groups is 1. The van der Waals surface area contributed by atoms with Gasteiger partial charge in [-0.3, -0.25) is 4.79 Å². The normalized spacial score (nSPS) is 16.0. The van der Waals surface area contributed by atoms with E-state index in [-0.39, 0.29) is 5.91 Å². The van der Waals surface area contributed by atoms with Gasteiger partial charge < -0.3 is 10.6 Å². The molecule has 21 heavy (non-hydrogen) atoms. The van der Waals surface area contributed by atoms with Gasteiger partial charge in [0.15, 0.2) is 5.69 Å². The number of thioether (sulfide) groups is 1. The van der Waals surface area contributed by atoms with Crippen LogP contribution < -0.4 is 10.6 Å². The zero-order valence-electron chi connectivity index (χ0n) is 12.7. The van der Waals surface area contributed by atoms with E-state index in [2.05, 4.69) is 27.2 Å². The molecule has 1 amide bonds. The highest BCUT2D eigenvalue weighted by molar-refractivity contribution is 7.98. The average molecular weight is 311 g/mol. The molecule has 1 saturated heterocycles. The van der Waals surface area contributed by atoms with Crippen molar-refractivity contribution in [2.45, 2.75) is 38.1 Å². The van der Waals surface area contributed by atoms with Crippen LogP contribution in [0.1, 0.15) is 48.6 Å². The first kappa shape index (κ1) is 16.3. The van der Waals surface area contributed by atoms with Gasteiger partial charge in [0.2, 0.25) is 0 Å². The summed E-state index contributed by atoms with van der Waals surface area (Å²) in [6.07, 6.45) is 9.37. The van der Waals surface area contributed by atoms with Crippen molar-refractivity contribution in [3.63, 3.8) is 0 Å². The Morgan fingerprint density at radius 2 is 2.24 bits per heavy atom. The lowest BCUT2D eigenvalue weighted by Gasteiger charge is -2.22. The Morgan fingerprint density at radius 1 is 1.43 bits per heavy atom. The molecular weight excluding hydrogens is 286 g/mol. The molecule has 1 fully saturated rings. The summed E-state index contributed by atoms with van der Waals surface area (Å²) in [7, 11) is 0. The fourth-order valence-electron chi connectivity index (χ4n) is 2.47. The van der Waals surface area contributed by atoms with Crippen molar-refractivity contribution in [1.82, 2.24) is 25.6 Å². The highest BCUT2D eigenvalue weighted by atomic mass is 32.2. The second kappa shape index (κ2) is 9.04. The Labute approximate surface area is 130 Å². The molecule has 1 aromatic rings. The van der Waals surface area contributed by atoms with Crippen LogP contribution in [0.5, 0.6) is 0 Å². The fraction of sp³-hybridized carbons (Fsp3) is 0.786. The van der Waals surface area contributed by atoms with E-state index in [0.717, 1.165) is 38.8 Å². The van der Waals surface area contributed by atoms with Gasteiger partial charge in [0.05, 0.1) is 12.2 Å². The Bertz CT molecular complexity index is 431. The summed E-state index contributed by atoms with van der Waals surface area (Å²) in [4.78, 5) is 12.0. The van der Waals surface area contributed by atoms with E-state index < -0.39 is 0 Å². The molecule has 1 aromatic heterocycles. The van der Waals surface area contributed by atoms with Crippen LogP contribution in [-0.4, -0.2) is 52.5 Å². The molecule has 7 heteroatoms. The summed E-state index contributed by atoms with van der Waals surface area (Å²) in [6, 6.07) is 0.367. The fourth-order valence-corrected chi connectivity index (χ4v) is 2.96. The molecule has 0 unspecified atom stereocenters. The lowest BCUT2D eigenvalue weighted by Crippen LogP contribution is -2.29. The predicted molar refractivity (Wildman–Crippen MR) is 85.7 cm³/mol. The number of aromatic nitrogens is 3. The summed E-state index contributed by atoms with van der Waals surface area (Å²) in [5.41, 5.74) is 0.428. The molecule has 0 aromatic carbocycles. The third kappa shape index (κ3) is 5.32. The van der Waals surface area contributed by atoms with Crippen LogP contribution in [0.2, 0.25) is 0 Å². The Morgan fingerprint density at radius 3 is 3.00 bits per heavy atom. The lowest BCUT2D eigenvalue weighted by atomic mass is 10.1. The molecule has 0 bridgehead atoms. The van der Waals surface area contributed by atoms with E-state index in [1.54, 1.807) is 6.20 Å². The number of amides is 1. The van der Waals surface area contributed by atoms with Crippen molar-refractivity contribution in [2.75, 3.05) is 31.6 Å². The van der Waals surface area contributed by atoms with Gasteiger partial charge in [-0.05, 0) is 50.8 Å². The summed E-state index contributed by atoms with van der Waals surface area (Å²) >= 11 is 1.87. The third-order valence-corrected chi connectivity index (χ3v) is 4.43. The van der Waals surface area contributed by atoms with E-state index in [9.17, 15) is 4.79 Å². The monoisotopic (exact) mass is 311 g/mol. The Balaban J connectivity index is 1.71. The highest BCUT2D eigenvalue weighted by Crippen LogP contribution is 2.16. The van der Waals surface area contributed by atoms with Crippen molar-refractivity contribution in [3.05, 3.63) is 11.9 Å². The molecule has 6 nitrogen and oxygen atoms in total. The second-order valence-corrected chi connectivity index (χ2v) is 6.36. The minimum Gasteiger partial charge on any atom is -0.351 e. The van der Waals surface area contributed by atoms with Gasteiger partial charge in [0, 0.05) is 6.54 Å². The van der Waals surface area contributed by atoms with Crippen LogP contribution in [0.25, 0.3) is 0 Å². The van der Waals surface area contributed by atoms with Crippen molar-refractivity contribution in [1.29, 1.82) is 0 Å². The van der Waals surface area contributed by atoms with E-state index in [1.807, 2.05) is 16.4 Å². The van der Waals surface area contributed by atoms with Gasteiger partial charge in [0.25, 0.3) is 5.91 Å². The van der Waals surface area contributed by atoms with E-state index in [4.69, 9.17) is 0 Å². The van der Waals surface area contributed by atoms with E-state index in [1.165, 1.54) is 12.2 Å². The number of piperidine rings is 1. The first-order chi connectivity index (χ1) is 10.3. The number of unbranched alkanes of at least 4 members (excludes halogenated alkanes) is 2. The summed E-state index contributed by atoms with van der Waals surface area (Å²) in [5, 5.41) is 14.3. The number of rotatable bonds is 8. The zero-order chi connectivity index (χ0) is 14.9. The molecule has 0 spiro atoms. The highest BCUT2D eigenvalue weighted by Gasteiger charge is 2.18.